The van der Waals surface area contributed by atoms with Gasteiger partial charge in [-0.1, -0.05) is 13.0 Å². The molecule has 0 unspecified atom stereocenters. The van der Waals surface area contributed by atoms with Gasteiger partial charge in [0.1, 0.15) is 0 Å². The number of rotatable bonds is 4. The van der Waals surface area contributed by atoms with Crippen molar-refractivity contribution in [2.45, 2.75) is 13.1 Å². The molecule has 0 amide bonds. The van der Waals surface area contributed by atoms with E-state index >= 15 is 0 Å². The quantitative estimate of drug-likeness (QED) is 0.657. The van der Waals surface area contributed by atoms with Crippen LogP contribution in [0.1, 0.15) is 12.5 Å². The van der Waals surface area contributed by atoms with Gasteiger partial charge in [0.25, 0.3) is 0 Å². The zero-order valence-corrected chi connectivity index (χ0v) is 16.2. The predicted molar refractivity (Wildman–Crippen MR) is 111 cm³/mol. The van der Waals surface area contributed by atoms with E-state index in [4.69, 9.17) is 0 Å². The maximum atomic E-state index is 12.9. The number of hydrogen-bond acceptors (Lipinski definition) is 4. The lowest BCUT2D eigenvalue weighted by molar-refractivity contribution is -0.137. The second-order valence-electron chi connectivity index (χ2n) is 7.18. The molecule has 3 aromatic rings. The third kappa shape index (κ3) is 4.29. The first kappa shape index (κ1) is 19.5. The molecule has 152 valence electrons. The molecule has 0 saturated carbocycles. The van der Waals surface area contributed by atoms with Gasteiger partial charge in [-0.25, -0.2) is 0 Å². The number of pyridine rings is 1. The van der Waals surface area contributed by atoms with Gasteiger partial charge < -0.3 is 15.1 Å². The molecule has 1 fully saturated rings. The molecule has 0 aliphatic carbocycles. The Hall–Kier alpha value is -2.80. The summed E-state index contributed by atoms with van der Waals surface area (Å²) in [6, 6.07) is 13.6. The van der Waals surface area contributed by atoms with Crippen LogP contribution in [0.25, 0.3) is 10.9 Å². The summed E-state index contributed by atoms with van der Waals surface area (Å²) in [5, 5.41) is 3.96. The van der Waals surface area contributed by atoms with Gasteiger partial charge in [-0.15, -0.1) is 0 Å². The Bertz CT molecular complexity index is 978. The molecule has 1 aliphatic rings. The third-order valence-electron chi connectivity index (χ3n) is 5.40. The molecule has 0 atom stereocenters. The summed E-state index contributed by atoms with van der Waals surface area (Å²) in [7, 11) is 0. The number of piperazine rings is 1. The molecule has 0 spiro atoms. The van der Waals surface area contributed by atoms with Crippen molar-refractivity contribution in [3.8, 4) is 0 Å². The fraction of sp³-hybridized carbons (Fsp3) is 0.318. The minimum atomic E-state index is -4.38. The number of nitrogens with one attached hydrogen (secondary N) is 1. The number of halogens is 3. The largest absolute Gasteiger partial charge is 0.416 e. The lowest BCUT2D eigenvalue weighted by atomic mass is 10.1. The summed E-state index contributed by atoms with van der Waals surface area (Å²) < 4.78 is 38.8. The second kappa shape index (κ2) is 7.91. The van der Waals surface area contributed by atoms with Crippen LogP contribution in [0.2, 0.25) is 0 Å². The van der Waals surface area contributed by atoms with Gasteiger partial charge in [0, 0.05) is 54.8 Å². The van der Waals surface area contributed by atoms with Gasteiger partial charge in [-0.3, -0.25) is 4.98 Å². The number of aromatic nitrogens is 1. The maximum Gasteiger partial charge on any atom is 0.416 e. The number of benzene rings is 2. The summed E-state index contributed by atoms with van der Waals surface area (Å²) in [6.45, 7) is 7.43. The van der Waals surface area contributed by atoms with Gasteiger partial charge in [0.15, 0.2) is 0 Å². The Morgan fingerprint density at radius 2 is 1.69 bits per heavy atom. The number of alkyl halides is 3. The van der Waals surface area contributed by atoms with Crippen LogP contribution in [0.15, 0.2) is 54.7 Å². The average molecular weight is 400 g/mol. The molecule has 2 heterocycles. The Morgan fingerprint density at radius 1 is 0.966 bits per heavy atom. The van der Waals surface area contributed by atoms with Crippen molar-refractivity contribution >= 4 is 28.0 Å². The summed E-state index contributed by atoms with van der Waals surface area (Å²) in [5.41, 5.74) is 2.42. The molecule has 4 nitrogen and oxygen atoms in total. The van der Waals surface area contributed by atoms with Crippen LogP contribution in [0.4, 0.5) is 30.2 Å². The van der Waals surface area contributed by atoms with E-state index in [1.54, 1.807) is 6.07 Å². The summed E-state index contributed by atoms with van der Waals surface area (Å²) in [6.07, 6.45) is -2.86. The highest BCUT2D eigenvalue weighted by Gasteiger charge is 2.30. The molecule has 29 heavy (non-hydrogen) atoms. The van der Waals surface area contributed by atoms with E-state index in [1.807, 2.05) is 12.1 Å². The maximum absolute atomic E-state index is 12.9. The number of nitrogens with zero attached hydrogens (tertiary/aromatic N) is 3. The molecule has 7 heteroatoms. The highest BCUT2D eigenvalue weighted by atomic mass is 19.4. The van der Waals surface area contributed by atoms with Crippen molar-refractivity contribution in [2.24, 2.45) is 0 Å². The third-order valence-corrected chi connectivity index (χ3v) is 5.40. The van der Waals surface area contributed by atoms with Gasteiger partial charge in [-0.05, 0) is 49.0 Å². The zero-order valence-electron chi connectivity index (χ0n) is 16.2. The van der Waals surface area contributed by atoms with Crippen molar-refractivity contribution in [1.29, 1.82) is 0 Å². The lowest BCUT2D eigenvalue weighted by Gasteiger charge is -2.35. The van der Waals surface area contributed by atoms with Crippen LogP contribution in [0, 0.1) is 0 Å². The van der Waals surface area contributed by atoms with Crippen LogP contribution in [0.3, 0.4) is 0 Å². The van der Waals surface area contributed by atoms with Gasteiger partial charge in [-0.2, -0.15) is 13.2 Å². The molecule has 1 N–H and O–H groups in total. The fourth-order valence-corrected chi connectivity index (χ4v) is 3.67. The molecular formula is C22H23F3N4. The number of likely N-dealkylation sites (N-methyl/N-ethyl adjacent to an activating group) is 1. The SMILES string of the molecule is CCN1CCN(c2ccc(Nc3ccnc4cc(C(F)(F)F)ccc34)cc2)CC1. The predicted octanol–water partition coefficient (Wildman–Crippen LogP) is 5.14. The van der Waals surface area contributed by atoms with Gasteiger partial charge >= 0.3 is 6.18 Å². The first-order chi connectivity index (χ1) is 13.9. The van der Waals surface area contributed by atoms with Crippen LogP contribution in [0.5, 0.6) is 0 Å². The molecular weight excluding hydrogens is 377 g/mol. The second-order valence-corrected chi connectivity index (χ2v) is 7.18. The van der Waals surface area contributed by atoms with E-state index in [0.29, 0.717) is 10.9 Å². The molecule has 0 bridgehead atoms. The number of anilines is 3. The van der Waals surface area contributed by atoms with E-state index in [0.717, 1.165) is 56.2 Å². The lowest BCUT2D eigenvalue weighted by Crippen LogP contribution is -2.46. The highest BCUT2D eigenvalue weighted by molar-refractivity contribution is 5.93. The summed E-state index contributed by atoms with van der Waals surface area (Å²) in [4.78, 5) is 8.90. The molecule has 1 aliphatic heterocycles. The van der Waals surface area contributed by atoms with Crippen molar-refractivity contribution in [3.63, 3.8) is 0 Å². The topological polar surface area (TPSA) is 31.4 Å². The number of hydrogen-bond donors (Lipinski definition) is 1. The van der Waals surface area contributed by atoms with Crippen LogP contribution >= 0.6 is 0 Å². The van der Waals surface area contributed by atoms with Gasteiger partial charge in [0.05, 0.1) is 11.1 Å². The minimum absolute atomic E-state index is 0.315. The fourth-order valence-electron chi connectivity index (χ4n) is 3.67. The molecule has 1 saturated heterocycles. The Labute approximate surface area is 168 Å². The van der Waals surface area contributed by atoms with E-state index < -0.39 is 11.7 Å². The van der Waals surface area contributed by atoms with Crippen molar-refractivity contribution in [2.75, 3.05) is 42.9 Å². The van der Waals surface area contributed by atoms with Gasteiger partial charge in [0.2, 0.25) is 0 Å². The van der Waals surface area contributed by atoms with Crippen LogP contribution in [-0.2, 0) is 6.18 Å². The normalized spacial score (nSPS) is 15.7. The van der Waals surface area contributed by atoms with E-state index in [9.17, 15) is 13.2 Å². The summed E-state index contributed by atoms with van der Waals surface area (Å²) >= 11 is 0. The van der Waals surface area contributed by atoms with Crippen molar-refractivity contribution in [3.05, 3.63) is 60.3 Å². The standard InChI is InChI=1S/C22H23F3N4/c1-2-28-11-13-29(14-12-28)18-6-4-17(5-7-18)27-20-9-10-26-21-15-16(22(23,24)25)3-8-19(20)21/h3-10,15H,2,11-14H2,1H3,(H,26,27). The van der Waals surface area contributed by atoms with Crippen LogP contribution < -0.4 is 10.2 Å². The van der Waals surface area contributed by atoms with Crippen molar-refractivity contribution in [1.82, 2.24) is 9.88 Å². The van der Waals surface area contributed by atoms with E-state index in [2.05, 4.69) is 39.2 Å². The van der Waals surface area contributed by atoms with E-state index in [1.165, 1.54) is 18.0 Å². The first-order valence-corrected chi connectivity index (χ1v) is 9.74. The van der Waals surface area contributed by atoms with E-state index in [-0.39, 0.29) is 0 Å². The minimum Gasteiger partial charge on any atom is -0.369 e. The van der Waals surface area contributed by atoms with Crippen molar-refractivity contribution < 1.29 is 13.2 Å². The Balaban J connectivity index is 1.51. The monoisotopic (exact) mass is 400 g/mol. The molecule has 1 aromatic heterocycles. The summed E-state index contributed by atoms with van der Waals surface area (Å²) in [5.74, 6) is 0. The Kier molecular flexibility index (Phi) is 5.32. The first-order valence-electron chi connectivity index (χ1n) is 9.74. The number of fused-ring (bicyclic) bond motifs is 1. The molecule has 2 aromatic carbocycles. The average Bonchev–Trinajstić information content (AvgIpc) is 2.73. The molecule has 4 rings (SSSR count). The molecule has 0 radical (unpaired) electrons. The smallest absolute Gasteiger partial charge is 0.369 e. The van der Waals surface area contributed by atoms with Crippen LogP contribution in [-0.4, -0.2) is 42.6 Å². The highest BCUT2D eigenvalue weighted by Crippen LogP contribution is 2.33. The Morgan fingerprint density at radius 3 is 2.34 bits per heavy atom. The zero-order chi connectivity index (χ0) is 20.4.